The molecule has 6 nitrogen and oxygen atoms in total. The zero-order valence-corrected chi connectivity index (χ0v) is 29.4. The van der Waals surface area contributed by atoms with Gasteiger partial charge in [-0.2, -0.15) is 10.5 Å². The molecule has 0 radical (unpaired) electrons. The molecular formula is C47H26N6S. The van der Waals surface area contributed by atoms with Gasteiger partial charge in [0.1, 0.15) is 0 Å². The highest BCUT2D eigenvalue weighted by molar-refractivity contribution is 7.26. The van der Waals surface area contributed by atoms with Crippen molar-refractivity contribution in [2.24, 2.45) is 0 Å². The van der Waals surface area contributed by atoms with Crippen molar-refractivity contribution in [3.05, 3.63) is 169 Å². The molecule has 10 aromatic rings. The summed E-state index contributed by atoms with van der Waals surface area (Å²) in [6, 6.07) is 57.5. The Morgan fingerprint density at radius 3 is 1.65 bits per heavy atom. The molecule has 7 aromatic carbocycles. The summed E-state index contributed by atoms with van der Waals surface area (Å²) in [4.78, 5) is 15.4. The van der Waals surface area contributed by atoms with Crippen LogP contribution in [0.15, 0.2) is 158 Å². The second kappa shape index (κ2) is 12.6. The van der Waals surface area contributed by atoms with Crippen LogP contribution in [0.5, 0.6) is 0 Å². The first-order valence-electron chi connectivity index (χ1n) is 17.5. The third-order valence-corrected chi connectivity index (χ3v) is 11.1. The van der Waals surface area contributed by atoms with Gasteiger partial charge in [0.05, 0.1) is 40.0 Å². The Kier molecular flexibility index (Phi) is 7.33. The van der Waals surface area contributed by atoms with Gasteiger partial charge in [0.25, 0.3) is 0 Å². The Morgan fingerprint density at radius 2 is 1.02 bits per heavy atom. The lowest BCUT2D eigenvalue weighted by molar-refractivity contribution is 1.06. The number of hydrogen-bond acceptors (Lipinski definition) is 6. The minimum absolute atomic E-state index is 0.506. The minimum Gasteiger partial charge on any atom is -0.308 e. The van der Waals surface area contributed by atoms with Crippen molar-refractivity contribution in [2.75, 3.05) is 0 Å². The second-order valence-corrected chi connectivity index (χ2v) is 14.1. The van der Waals surface area contributed by atoms with Crippen LogP contribution in [-0.2, 0) is 0 Å². The van der Waals surface area contributed by atoms with E-state index in [1.165, 1.54) is 20.2 Å². The number of nitrogens with zero attached hydrogens (tertiary/aromatic N) is 6. The van der Waals surface area contributed by atoms with Crippen LogP contribution >= 0.6 is 11.3 Å². The van der Waals surface area contributed by atoms with Gasteiger partial charge in [0.2, 0.25) is 0 Å². The van der Waals surface area contributed by atoms with Gasteiger partial charge in [-0.3, -0.25) is 0 Å². The van der Waals surface area contributed by atoms with Gasteiger partial charge in [0, 0.05) is 47.6 Å². The van der Waals surface area contributed by atoms with E-state index in [1.807, 2.05) is 97.1 Å². The van der Waals surface area contributed by atoms with Gasteiger partial charge in [-0.05, 0) is 53.6 Å². The van der Waals surface area contributed by atoms with Crippen LogP contribution in [0, 0.1) is 22.7 Å². The highest BCUT2D eigenvalue weighted by Gasteiger charge is 2.22. The van der Waals surface area contributed by atoms with Crippen LogP contribution in [0.25, 0.3) is 93.0 Å². The Balaban J connectivity index is 1.32. The lowest BCUT2D eigenvalue weighted by Crippen LogP contribution is -2.04. The average molecular weight is 707 g/mol. The molecule has 0 N–H and O–H groups in total. The number of hydrogen-bond donors (Lipinski definition) is 0. The fourth-order valence-corrected chi connectivity index (χ4v) is 8.64. The summed E-state index contributed by atoms with van der Waals surface area (Å²) in [6.45, 7) is 0. The average Bonchev–Trinajstić information content (AvgIpc) is 3.79. The Hall–Kier alpha value is -7.45. The van der Waals surface area contributed by atoms with Gasteiger partial charge in [-0.1, -0.05) is 115 Å². The van der Waals surface area contributed by atoms with E-state index in [1.54, 1.807) is 11.3 Å². The largest absolute Gasteiger partial charge is 0.308 e. The number of rotatable bonds is 5. The molecule has 0 unspecified atom stereocenters. The van der Waals surface area contributed by atoms with Crippen LogP contribution < -0.4 is 0 Å². The molecular weight excluding hydrogens is 681 g/mol. The minimum atomic E-state index is 0.506. The second-order valence-electron chi connectivity index (χ2n) is 13.1. The zero-order valence-electron chi connectivity index (χ0n) is 28.6. The molecule has 0 amide bonds. The van der Waals surface area contributed by atoms with E-state index in [0.717, 1.165) is 55.3 Å². The first-order valence-corrected chi connectivity index (χ1v) is 18.3. The Bertz CT molecular complexity index is 3060. The topological polar surface area (TPSA) is 91.2 Å². The molecule has 3 heterocycles. The highest BCUT2D eigenvalue weighted by atomic mass is 32.1. The number of fused-ring (bicyclic) bond motifs is 6. The fraction of sp³-hybridized carbons (Fsp3) is 0. The summed E-state index contributed by atoms with van der Waals surface area (Å²) in [5, 5.41) is 24.4. The van der Waals surface area contributed by atoms with E-state index in [2.05, 4.69) is 77.4 Å². The third-order valence-electron chi connectivity index (χ3n) is 9.92. The summed E-state index contributed by atoms with van der Waals surface area (Å²) in [5.74, 6) is 1.62. The van der Waals surface area contributed by atoms with E-state index in [4.69, 9.17) is 15.0 Å². The molecule has 0 saturated heterocycles. The molecule has 7 heteroatoms. The molecule has 0 aliphatic heterocycles. The maximum Gasteiger partial charge on any atom is 0.166 e. The molecule has 0 bridgehead atoms. The monoisotopic (exact) mass is 706 g/mol. The molecule has 0 spiro atoms. The molecule has 0 atom stereocenters. The van der Waals surface area contributed by atoms with Gasteiger partial charge in [0.15, 0.2) is 17.5 Å². The lowest BCUT2D eigenvalue weighted by Gasteiger charge is -2.16. The first-order chi connectivity index (χ1) is 26.7. The number of thiophene rings is 1. The van der Waals surface area contributed by atoms with Crippen molar-refractivity contribution in [1.29, 1.82) is 10.5 Å². The maximum atomic E-state index is 10.00. The van der Waals surface area contributed by atoms with E-state index in [-0.39, 0.29) is 0 Å². The van der Waals surface area contributed by atoms with Gasteiger partial charge >= 0.3 is 0 Å². The summed E-state index contributed by atoms with van der Waals surface area (Å²) in [5.41, 5.74) is 8.26. The van der Waals surface area contributed by atoms with Crippen LogP contribution in [0.4, 0.5) is 0 Å². The summed E-state index contributed by atoms with van der Waals surface area (Å²) in [7, 11) is 0. The van der Waals surface area contributed by atoms with Crippen molar-refractivity contribution >= 4 is 53.3 Å². The highest BCUT2D eigenvalue weighted by Crippen LogP contribution is 2.43. The smallest absolute Gasteiger partial charge is 0.166 e. The van der Waals surface area contributed by atoms with Crippen molar-refractivity contribution in [3.8, 4) is 63.1 Å². The molecule has 10 rings (SSSR count). The molecule has 0 fully saturated rings. The standard InChI is InChI=1S/C47H26N6S/c48-27-29-18-21-35-36-22-19-30(28-49)25-42(36)53(41(35)24-29)40-23-20-33(34-15-9-16-38-37-14-7-8-17-43(37)54-44(34)38)26-39(40)47-51-45(31-10-3-1-4-11-31)50-46(52-47)32-12-5-2-6-13-32/h1-26H. The predicted octanol–water partition coefficient (Wildman–Crippen LogP) is 11.7. The van der Waals surface area contributed by atoms with Crippen LogP contribution in [0.1, 0.15) is 11.1 Å². The zero-order chi connectivity index (χ0) is 36.2. The van der Waals surface area contributed by atoms with Crippen molar-refractivity contribution in [3.63, 3.8) is 0 Å². The molecule has 0 aliphatic rings. The van der Waals surface area contributed by atoms with E-state index in [9.17, 15) is 10.5 Å². The van der Waals surface area contributed by atoms with Gasteiger partial charge in [-0.15, -0.1) is 11.3 Å². The molecule has 250 valence electrons. The fourth-order valence-electron chi connectivity index (χ4n) is 7.40. The molecule has 0 aliphatic carbocycles. The summed E-state index contributed by atoms with van der Waals surface area (Å²) >= 11 is 1.79. The van der Waals surface area contributed by atoms with Crippen molar-refractivity contribution in [2.45, 2.75) is 0 Å². The SMILES string of the molecule is N#Cc1ccc2c3ccc(C#N)cc3n(-c3ccc(-c4cccc5c4sc4ccccc45)cc3-c3nc(-c4ccccc4)nc(-c4ccccc4)n3)c2c1. The lowest BCUT2D eigenvalue weighted by atomic mass is 9.99. The maximum absolute atomic E-state index is 10.00. The summed E-state index contributed by atoms with van der Waals surface area (Å²) < 4.78 is 4.58. The van der Waals surface area contributed by atoms with Crippen molar-refractivity contribution in [1.82, 2.24) is 19.5 Å². The van der Waals surface area contributed by atoms with E-state index >= 15 is 0 Å². The Morgan fingerprint density at radius 1 is 0.444 bits per heavy atom. The van der Waals surface area contributed by atoms with Crippen LogP contribution in [0.2, 0.25) is 0 Å². The molecule has 3 aromatic heterocycles. The van der Waals surface area contributed by atoms with E-state index in [0.29, 0.717) is 28.6 Å². The number of aromatic nitrogens is 4. The predicted molar refractivity (Wildman–Crippen MR) is 218 cm³/mol. The normalized spacial score (nSPS) is 11.3. The number of benzene rings is 7. The van der Waals surface area contributed by atoms with Gasteiger partial charge < -0.3 is 4.57 Å². The molecule has 0 saturated carbocycles. The van der Waals surface area contributed by atoms with Gasteiger partial charge in [-0.25, -0.2) is 15.0 Å². The quantitative estimate of drug-likeness (QED) is 0.178. The first kappa shape index (κ1) is 31.3. The van der Waals surface area contributed by atoms with E-state index < -0.39 is 0 Å². The van der Waals surface area contributed by atoms with Crippen LogP contribution in [-0.4, -0.2) is 19.5 Å². The summed E-state index contributed by atoms with van der Waals surface area (Å²) in [6.07, 6.45) is 0. The third kappa shape index (κ3) is 5.11. The Labute approximate surface area is 314 Å². The van der Waals surface area contributed by atoms with Crippen LogP contribution in [0.3, 0.4) is 0 Å². The van der Waals surface area contributed by atoms with Crippen molar-refractivity contribution < 1.29 is 0 Å². The number of nitriles is 2. The molecule has 54 heavy (non-hydrogen) atoms.